The van der Waals surface area contributed by atoms with Crippen LogP contribution in [0.2, 0.25) is 0 Å². The van der Waals surface area contributed by atoms with Gasteiger partial charge in [0.15, 0.2) is 5.78 Å². The van der Waals surface area contributed by atoms with E-state index in [-0.39, 0.29) is 16.9 Å². The molecule has 1 N–H and O–H groups in total. The van der Waals surface area contributed by atoms with E-state index >= 15 is 0 Å². The van der Waals surface area contributed by atoms with E-state index in [1.165, 1.54) is 5.57 Å². The second kappa shape index (κ2) is 6.42. The summed E-state index contributed by atoms with van der Waals surface area (Å²) in [5, 5.41) is 10.2. The second-order valence-electron chi connectivity index (χ2n) is 10.2. The van der Waals surface area contributed by atoms with Crippen molar-refractivity contribution in [2.24, 2.45) is 28.6 Å². The fraction of sp³-hybridized carbons (Fsp3) is 0.577. The van der Waals surface area contributed by atoms with Crippen molar-refractivity contribution in [2.75, 3.05) is 0 Å². The molecule has 28 heavy (non-hydrogen) atoms. The SMILES string of the molecule is C[C@]12CCC(O)CC1=CC[C@@H]1[C@@H]2CC[C@]2(C)C(=O)/C(=C/c3ccccc3)C[C@@H]12. The molecule has 0 spiro atoms. The fourth-order valence-corrected chi connectivity index (χ4v) is 7.19. The summed E-state index contributed by atoms with van der Waals surface area (Å²) in [4.78, 5) is 13.4. The van der Waals surface area contributed by atoms with Crippen molar-refractivity contribution in [3.05, 3.63) is 53.1 Å². The zero-order chi connectivity index (χ0) is 19.5. The molecule has 3 fully saturated rings. The van der Waals surface area contributed by atoms with E-state index in [4.69, 9.17) is 0 Å². The van der Waals surface area contributed by atoms with Crippen molar-refractivity contribution in [1.29, 1.82) is 0 Å². The van der Waals surface area contributed by atoms with Gasteiger partial charge in [-0.3, -0.25) is 4.79 Å². The third-order valence-electron chi connectivity index (χ3n) is 8.86. The van der Waals surface area contributed by atoms with Crippen LogP contribution >= 0.6 is 0 Å². The molecular formula is C26H32O2. The summed E-state index contributed by atoms with van der Waals surface area (Å²) >= 11 is 0. The predicted octanol–water partition coefficient (Wildman–Crippen LogP) is 5.57. The Morgan fingerprint density at radius 3 is 2.54 bits per heavy atom. The number of rotatable bonds is 1. The average Bonchev–Trinajstić information content (AvgIpc) is 2.94. The van der Waals surface area contributed by atoms with Crippen molar-refractivity contribution in [1.82, 2.24) is 0 Å². The zero-order valence-corrected chi connectivity index (χ0v) is 17.2. The Kier molecular flexibility index (Phi) is 4.21. The molecule has 0 amide bonds. The van der Waals surface area contributed by atoms with Gasteiger partial charge >= 0.3 is 0 Å². The van der Waals surface area contributed by atoms with Crippen LogP contribution in [0.15, 0.2) is 47.6 Å². The van der Waals surface area contributed by atoms with Crippen LogP contribution in [-0.2, 0) is 4.79 Å². The van der Waals surface area contributed by atoms with Gasteiger partial charge in [-0.15, -0.1) is 0 Å². The van der Waals surface area contributed by atoms with Crippen LogP contribution in [0.25, 0.3) is 6.08 Å². The number of fused-ring (bicyclic) bond motifs is 5. The molecule has 148 valence electrons. The Labute approximate surface area is 168 Å². The van der Waals surface area contributed by atoms with E-state index in [0.717, 1.165) is 56.1 Å². The first kappa shape index (κ1) is 18.4. The van der Waals surface area contributed by atoms with Gasteiger partial charge < -0.3 is 5.11 Å². The molecule has 1 aromatic rings. The monoisotopic (exact) mass is 376 g/mol. The van der Waals surface area contributed by atoms with E-state index in [1.807, 2.05) is 18.2 Å². The molecule has 0 heterocycles. The number of hydrogen-bond acceptors (Lipinski definition) is 2. The smallest absolute Gasteiger partial charge is 0.165 e. The Balaban J connectivity index is 1.48. The van der Waals surface area contributed by atoms with Gasteiger partial charge in [0.1, 0.15) is 0 Å². The minimum Gasteiger partial charge on any atom is -0.393 e. The van der Waals surface area contributed by atoms with Crippen LogP contribution in [0.3, 0.4) is 0 Å². The van der Waals surface area contributed by atoms with Gasteiger partial charge in [0, 0.05) is 5.41 Å². The normalized spacial score (nSPS) is 43.9. The number of ketones is 1. The van der Waals surface area contributed by atoms with Crippen molar-refractivity contribution < 1.29 is 9.90 Å². The van der Waals surface area contributed by atoms with Crippen LogP contribution in [0.5, 0.6) is 0 Å². The second-order valence-corrected chi connectivity index (χ2v) is 10.2. The standard InChI is InChI=1S/C26H32O2/c1-25-12-10-20(27)16-19(25)8-9-21-22(25)11-13-26(2)23(21)15-18(24(26)28)14-17-6-4-3-5-7-17/h3-8,14,20-23,27H,9-13,15-16H2,1-2H3/b18-14+/t20?,21-,22+,23+,25+,26+/m1/s1. The molecule has 1 aromatic carbocycles. The Bertz CT molecular complexity index is 850. The summed E-state index contributed by atoms with van der Waals surface area (Å²) < 4.78 is 0. The summed E-state index contributed by atoms with van der Waals surface area (Å²) in [5.74, 6) is 2.14. The quantitative estimate of drug-likeness (QED) is 0.514. The summed E-state index contributed by atoms with van der Waals surface area (Å²) in [6.07, 6.45) is 11.5. The molecular weight excluding hydrogens is 344 g/mol. The molecule has 0 radical (unpaired) electrons. The highest BCUT2D eigenvalue weighted by molar-refractivity contribution is 6.05. The first-order valence-electron chi connectivity index (χ1n) is 11.1. The lowest BCUT2D eigenvalue weighted by molar-refractivity contribution is -0.130. The van der Waals surface area contributed by atoms with Gasteiger partial charge in [0.05, 0.1) is 6.10 Å². The summed E-state index contributed by atoms with van der Waals surface area (Å²) in [5.41, 5.74) is 3.73. The molecule has 4 aliphatic rings. The first-order chi connectivity index (χ1) is 13.4. The van der Waals surface area contributed by atoms with E-state index in [9.17, 15) is 9.90 Å². The molecule has 4 aliphatic carbocycles. The number of Topliss-reactive ketones (excluding diaryl/α,β-unsaturated/α-hetero) is 1. The van der Waals surface area contributed by atoms with Gasteiger partial charge in [0.25, 0.3) is 0 Å². The number of benzene rings is 1. The topological polar surface area (TPSA) is 37.3 Å². The molecule has 2 nitrogen and oxygen atoms in total. The highest BCUT2D eigenvalue weighted by Crippen LogP contribution is 2.64. The maximum Gasteiger partial charge on any atom is 0.165 e. The van der Waals surface area contributed by atoms with E-state index < -0.39 is 0 Å². The predicted molar refractivity (Wildman–Crippen MR) is 113 cm³/mol. The lowest BCUT2D eigenvalue weighted by atomic mass is 9.48. The van der Waals surface area contributed by atoms with E-state index in [2.05, 4.69) is 38.1 Å². The number of allylic oxidation sites excluding steroid dienone is 2. The van der Waals surface area contributed by atoms with Crippen LogP contribution < -0.4 is 0 Å². The fourth-order valence-electron chi connectivity index (χ4n) is 7.19. The van der Waals surface area contributed by atoms with Gasteiger partial charge in [-0.1, -0.05) is 55.8 Å². The Morgan fingerprint density at radius 2 is 1.75 bits per heavy atom. The zero-order valence-electron chi connectivity index (χ0n) is 17.2. The number of aliphatic hydroxyl groups excluding tert-OH is 1. The minimum atomic E-state index is -0.183. The third kappa shape index (κ3) is 2.60. The van der Waals surface area contributed by atoms with Crippen molar-refractivity contribution in [3.8, 4) is 0 Å². The number of carbonyl (C=O) groups excluding carboxylic acids is 1. The van der Waals surface area contributed by atoms with Gasteiger partial charge in [-0.05, 0) is 85.3 Å². The lowest BCUT2D eigenvalue weighted by Gasteiger charge is -2.56. The van der Waals surface area contributed by atoms with E-state index in [0.29, 0.717) is 23.5 Å². The molecule has 0 saturated heterocycles. The third-order valence-corrected chi connectivity index (χ3v) is 8.86. The van der Waals surface area contributed by atoms with Crippen molar-refractivity contribution in [3.63, 3.8) is 0 Å². The Hall–Kier alpha value is -1.67. The van der Waals surface area contributed by atoms with Crippen molar-refractivity contribution >= 4 is 11.9 Å². The minimum absolute atomic E-state index is 0.154. The van der Waals surface area contributed by atoms with Crippen molar-refractivity contribution in [2.45, 2.75) is 64.9 Å². The maximum atomic E-state index is 13.4. The average molecular weight is 377 g/mol. The number of hydrogen-bond donors (Lipinski definition) is 1. The largest absolute Gasteiger partial charge is 0.393 e. The highest BCUT2D eigenvalue weighted by atomic mass is 16.3. The lowest BCUT2D eigenvalue weighted by Crippen LogP contribution is -2.50. The summed E-state index contributed by atoms with van der Waals surface area (Å²) in [6.45, 7) is 4.69. The van der Waals surface area contributed by atoms with Crippen LogP contribution in [0.1, 0.15) is 64.4 Å². The molecule has 0 aromatic heterocycles. The molecule has 0 bridgehead atoms. The number of aliphatic hydroxyl groups is 1. The molecule has 6 atom stereocenters. The molecule has 2 heteroatoms. The van der Waals surface area contributed by atoms with Gasteiger partial charge in [-0.2, -0.15) is 0 Å². The first-order valence-corrected chi connectivity index (χ1v) is 11.1. The molecule has 5 rings (SSSR count). The highest BCUT2D eigenvalue weighted by Gasteiger charge is 2.59. The maximum absolute atomic E-state index is 13.4. The van der Waals surface area contributed by atoms with Crippen LogP contribution in [-0.4, -0.2) is 17.0 Å². The van der Waals surface area contributed by atoms with Gasteiger partial charge in [-0.25, -0.2) is 0 Å². The summed E-state index contributed by atoms with van der Waals surface area (Å²) in [7, 11) is 0. The van der Waals surface area contributed by atoms with Gasteiger partial charge in [0.2, 0.25) is 0 Å². The summed E-state index contributed by atoms with van der Waals surface area (Å²) in [6, 6.07) is 10.3. The molecule has 0 aliphatic heterocycles. The number of carbonyl (C=O) groups is 1. The molecule has 1 unspecified atom stereocenters. The van der Waals surface area contributed by atoms with E-state index in [1.54, 1.807) is 0 Å². The molecule has 3 saturated carbocycles. The Morgan fingerprint density at radius 1 is 1.00 bits per heavy atom. The van der Waals surface area contributed by atoms with Crippen LogP contribution in [0.4, 0.5) is 0 Å². The van der Waals surface area contributed by atoms with Crippen LogP contribution in [0, 0.1) is 28.6 Å².